The average Bonchev–Trinajstić information content (AvgIpc) is 2.99. The van der Waals surface area contributed by atoms with Gasteiger partial charge < -0.3 is 14.6 Å². The second kappa shape index (κ2) is 13.7. The van der Waals surface area contributed by atoms with Crippen molar-refractivity contribution in [1.82, 2.24) is 4.90 Å². The highest BCUT2D eigenvalue weighted by molar-refractivity contribution is 5.49. The minimum Gasteiger partial charge on any atom is -0.497 e. The predicted octanol–water partition coefficient (Wildman–Crippen LogP) is 6.91. The molecule has 0 saturated carbocycles. The molecule has 0 radical (unpaired) electrons. The summed E-state index contributed by atoms with van der Waals surface area (Å²) in [5, 5.41) is 23.3. The molecule has 4 rings (SSSR count). The molecule has 0 aromatic heterocycles. The number of nitro groups is 1. The van der Waals surface area contributed by atoms with Crippen LogP contribution in [0.5, 0.6) is 11.5 Å². The summed E-state index contributed by atoms with van der Waals surface area (Å²) in [6.07, 6.45) is -0.174. The van der Waals surface area contributed by atoms with Crippen LogP contribution in [0.4, 0.5) is 5.69 Å². The zero-order valence-corrected chi connectivity index (χ0v) is 23.1. The summed E-state index contributed by atoms with van der Waals surface area (Å²) in [5.41, 5.74) is 3.51. The summed E-state index contributed by atoms with van der Waals surface area (Å²) in [7, 11) is 1.65. The molecular weight excluding hydrogens is 504 g/mol. The highest BCUT2D eigenvalue weighted by atomic mass is 16.6. The average molecular weight is 541 g/mol. The Labute approximate surface area is 235 Å². The first-order valence-corrected chi connectivity index (χ1v) is 13.4. The molecule has 0 aliphatic heterocycles. The van der Waals surface area contributed by atoms with Gasteiger partial charge in [0.2, 0.25) is 0 Å². The van der Waals surface area contributed by atoms with Crippen LogP contribution in [0.1, 0.15) is 48.2 Å². The van der Waals surface area contributed by atoms with E-state index in [-0.39, 0.29) is 30.1 Å². The topological polar surface area (TPSA) is 85.1 Å². The van der Waals surface area contributed by atoms with Gasteiger partial charge in [0.25, 0.3) is 0 Å². The molecule has 0 aliphatic rings. The molecule has 4 aromatic rings. The third-order valence-corrected chi connectivity index (χ3v) is 7.22. The normalized spacial score (nSPS) is 13.4. The molecule has 0 fully saturated rings. The van der Waals surface area contributed by atoms with E-state index < -0.39 is 11.0 Å². The maximum Gasteiger partial charge on any atom is 0.311 e. The van der Waals surface area contributed by atoms with Crippen LogP contribution in [0, 0.1) is 10.1 Å². The van der Waals surface area contributed by atoms with E-state index in [1.165, 1.54) is 6.07 Å². The highest BCUT2D eigenvalue weighted by Gasteiger charge is 2.27. The van der Waals surface area contributed by atoms with E-state index in [2.05, 4.69) is 43.0 Å². The van der Waals surface area contributed by atoms with Crippen LogP contribution in [-0.2, 0) is 13.0 Å². The van der Waals surface area contributed by atoms with Crippen molar-refractivity contribution in [3.05, 3.63) is 135 Å². The van der Waals surface area contributed by atoms with Crippen LogP contribution >= 0.6 is 0 Å². The smallest absolute Gasteiger partial charge is 0.311 e. The van der Waals surface area contributed by atoms with Crippen LogP contribution in [-0.4, -0.2) is 34.6 Å². The Morgan fingerprint density at radius 1 is 0.850 bits per heavy atom. The number of aliphatic hydroxyl groups excluding tert-OH is 1. The fraction of sp³-hybridized carbons (Fsp3) is 0.273. The number of hydrogen-bond donors (Lipinski definition) is 1. The molecule has 1 unspecified atom stereocenters. The fourth-order valence-corrected chi connectivity index (χ4v) is 4.91. The van der Waals surface area contributed by atoms with Gasteiger partial charge in [0.15, 0.2) is 5.75 Å². The van der Waals surface area contributed by atoms with Gasteiger partial charge in [-0.1, -0.05) is 78.9 Å². The number of aliphatic hydroxyl groups is 1. The van der Waals surface area contributed by atoms with E-state index in [0.717, 1.165) is 28.9 Å². The number of rotatable bonds is 13. The summed E-state index contributed by atoms with van der Waals surface area (Å²) < 4.78 is 11.1. The van der Waals surface area contributed by atoms with Crippen molar-refractivity contribution in [2.24, 2.45) is 0 Å². The monoisotopic (exact) mass is 540 g/mol. The van der Waals surface area contributed by atoms with Crippen molar-refractivity contribution in [1.29, 1.82) is 0 Å². The second-order valence-electron chi connectivity index (χ2n) is 9.96. The molecule has 0 saturated heterocycles. The lowest BCUT2D eigenvalue weighted by Gasteiger charge is -2.36. The van der Waals surface area contributed by atoms with E-state index >= 15 is 0 Å². The zero-order chi connectivity index (χ0) is 28.5. The van der Waals surface area contributed by atoms with Crippen molar-refractivity contribution in [2.45, 2.75) is 45.1 Å². The Morgan fingerprint density at radius 2 is 1.50 bits per heavy atom. The number of nitro benzene ring substituents is 1. The molecule has 0 heterocycles. The summed E-state index contributed by atoms with van der Waals surface area (Å²) >= 11 is 0. The summed E-state index contributed by atoms with van der Waals surface area (Å²) in [4.78, 5) is 13.7. The second-order valence-corrected chi connectivity index (χ2v) is 9.96. The van der Waals surface area contributed by atoms with Crippen molar-refractivity contribution in [3.63, 3.8) is 0 Å². The highest BCUT2D eigenvalue weighted by Crippen LogP contribution is 2.33. The molecular formula is C33H36N2O5. The first-order chi connectivity index (χ1) is 19.4. The summed E-state index contributed by atoms with van der Waals surface area (Å²) in [6.45, 7) is 4.78. The SMILES string of the molecule is COc1ccc(C[C@@H](C)N(CC(O)c2ccc(OCc3ccccc3)c([N+](=O)[O-])c2)[C@H](C)c2ccccc2)cc1. The number of hydrogen-bond acceptors (Lipinski definition) is 6. The van der Waals surface area contributed by atoms with E-state index in [0.29, 0.717) is 12.1 Å². The lowest BCUT2D eigenvalue weighted by Crippen LogP contribution is -2.39. The zero-order valence-electron chi connectivity index (χ0n) is 23.1. The van der Waals surface area contributed by atoms with Crippen LogP contribution in [0.3, 0.4) is 0 Å². The number of ether oxygens (including phenoxy) is 2. The van der Waals surface area contributed by atoms with E-state index in [9.17, 15) is 15.2 Å². The van der Waals surface area contributed by atoms with Crippen molar-refractivity contribution >= 4 is 5.69 Å². The Balaban J connectivity index is 1.55. The molecule has 3 atom stereocenters. The largest absolute Gasteiger partial charge is 0.497 e. The van der Waals surface area contributed by atoms with E-state index in [1.54, 1.807) is 19.2 Å². The molecule has 0 spiro atoms. The number of benzene rings is 4. The number of methoxy groups -OCH3 is 1. The Kier molecular flexibility index (Phi) is 9.89. The molecule has 7 heteroatoms. The summed E-state index contributed by atoms with van der Waals surface area (Å²) in [6, 6.07) is 32.4. The lowest BCUT2D eigenvalue weighted by atomic mass is 9.99. The first-order valence-electron chi connectivity index (χ1n) is 13.4. The van der Waals surface area contributed by atoms with Crippen LogP contribution in [0.15, 0.2) is 103 Å². The van der Waals surface area contributed by atoms with Crippen molar-refractivity contribution in [2.75, 3.05) is 13.7 Å². The van der Waals surface area contributed by atoms with Crippen molar-refractivity contribution in [3.8, 4) is 11.5 Å². The Hall–Kier alpha value is -4.20. The molecule has 7 nitrogen and oxygen atoms in total. The third-order valence-electron chi connectivity index (χ3n) is 7.22. The molecule has 0 bridgehead atoms. The maximum absolute atomic E-state index is 11.9. The van der Waals surface area contributed by atoms with Gasteiger partial charge in [-0.25, -0.2) is 0 Å². The quantitative estimate of drug-likeness (QED) is 0.147. The van der Waals surface area contributed by atoms with Gasteiger partial charge in [-0.2, -0.15) is 0 Å². The molecule has 40 heavy (non-hydrogen) atoms. The fourth-order valence-electron chi connectivity index (χ4n) is 4.91. The number of nitrogens with zero attached hydrogens (tertiary/aromatic N) is 2. The van der Waals surface area contributed by atoms with Gasteiger partial charge in [-0.05, 0) is 60.7 Å². The van der Waals surface area contributed by atoms with Crippen molar-refractivity contribution < 1.29 is 19.5 Å². The molecule has 208 valence electrons. The van der Waals surface area contributed by atoms with Gasteiger partial charge in [0.1, 0.15) is 12.4 Å². The van der Waals surface area contributed by atoms with Gasteiger partial charge in [0.05, 0.1) is 18.1 Å². The lowest BCUT2D eigenvalue weighted by molar-refractivity contribution is -0.386. The van der Waals surface area contributed by atoms with Gasteiger partial charge >= 0.3 is 5.69 Å². The standard InChI is InChI=1S/C33H36N2O5/c1-24(20-26-14-17-30(39-3)18-15-26)34(25(2)28-12-8-5-9-13-28)22-32(36)29-16-19-33(31(21-29)35(37)38)40-23-27-10-6-4-7-11-27/h4-19,21,24-25,32,36H,20,22-23H2,1-3H3/t24-,25-,32?/m1/s1. The summed E-state index contributed by atoms with van der Waals surface area (Å²) in [5.74, 6) is 0.978. The first kappa shape index (κ1) is 28.8. The van der Waals surface area contributed by atoms with Crippen LogP contribution in [0.2, 0.25) is 0 Å². The van der Waals surface area contributed by atoms with Gasteiger partial charge in [-0.15, -0.1) is 0 Å². The van der Waals surface area contributed by atoms with E-state index in [4.69, 9.17) is 9.47 Å². The predicted molar refractivity (Wildman–Crippen MR) is 157 cm³/mol. The Bertz CT molecular complexity index is 1360. The van der Waals surface area contributed by atoms with Crippen LogP contribution in [0.25, 0.3) is 0 Å². The molecule has 4 aromatic carbocycles. The minimum atomic E-state index is -0.939. The maximum atomic E-state index is 11.9. The minimum absolute atomic E-state index is 0.00700. The van der Waals surface area contributed by atoms with Gasteiger partial charge in [-0.3, -0.25) is 15.0 Å². The molecule has 0 aliphatic carbocycles. The van der Waals surface area contributed by atoms with Crippen LogP contribution < -0.4 is 9.47 Å². The van der Waals surface area contributed by atoms with E-state index in [1.807, 2.05) is 60.7 Å². The Morgan fingerprint density at radius 3 is 2.12 bits per heavy atom. The third kappa shape index (κ3) is 7.46. The van der Waals surface area contributed by atoms with Gasteiger partial charge in [0, 0.05) is 24.7 Å². The molecule has 0 amide bonds. The molecule has 1 N–H and O–H groups in total.